The van der Waals surface area contributed by atoms with Crippen molar-refractivity contribution in [3.05, 3.63) is 24.3 Å². The molecule has 1 aromatic carbocycles. The molecule has 1 amide bonds. The minimum absolute atomic E-state index is 0.0674. The van der Waals surface area contributed by atoms with Gasteiger partial charge in [-0.25, -0.2) is 0 Å². The summed E-state index contributed by atoms with van der Waals surface area (Å²) in [6, 6.07) is 8.11. The zero-order valence-corrected chi connectivity index (χ0v) is 13.4. The Morgan fingerprint density at radius 3 is 2.43 bits per heavy atom. The van der Waals surface area contributed by atoms with Crippen LogP contribution < -0.4 is 15.5 Å². The molecule has 2 rings (SSSR count). The Hall–Kier alpha value is -1.55. The first-order chi connectivity index (χ1) is 10.1. The van der Waals surface area contributed by atoms with E-state index in [1.165, 1.54) is 5.69 Å². The molecule has 1 aliphatic rings. The van der Waals surface area contributed by atoms with Crippen molar-refractivity contribution in [2.45, 2.75) is 45.6 Å². The third kappa shape index (κ3) is 3.76. The number of hydrogen-bond donors (Lipinski definition) is 2. The fourth-order valence-electron chi connectivity index (χ4n) is 2.86. The monoisotopic (exact) mass is 289 g/mol. The first-order valence-electron chi connectivity index (χ1n) is 8.00. The number of nitrogens with zero attached hydrogens (tertiary/aromatic N) is 1. The zero-order valence-electron chi connectivity index (χ0n) is 13.4. The molecule has 0 saturated carbocycles. The van der Waals surface area contributed by atoms with Crippen LogP contribution in [0.4, 0.5) is 11.4 Å². The van der Waals surface area contributed by atoms with Gasteiger partial charge >= 0.3 is 0 Å². The number of anilines is 2. The Labute approximate surface area is 127 Å². The predicted octanol–water partition coefficient (Wildman–Crippen LogP) is 3.00. The van der Waals surface area contributed by atoms with E-state index >= 15 is 0 Å². The van der Waals surface area contributed by atoms with E-state index in [0.717, 1.165) is 44.6 Å². The van der Waals surface area contributed by atoms with Crippen LogP contribution in [0, 0.1) is 0 Å². The van der Waals surface area contributed by atoms with E-state index in [9.17, 15) is 4.79 Å². The molecule has 1 atom stereocenters. The van der Waals surface area contributed by atoms with Crippen molar-refractivity contribution >= 4 is 17.3 Å². The highest BCUT2D eigenvalue weighted by molar-refractivity contribution is 5.98. The van der Waals surface area contributed by atoms with Gasteiger partial charge in [-0.3, -0.25) is 4.79 Å². The summed E-state index contributed by atoms with van der Waals surface area (Å²) < 4.78 is 0. The number of hydrogen-bond acceptors (Lipinski definition) is 3. The highest BCUT2D eigenvalue weighted by Crippen LogP contribution is 2.22. The van der Waals surface area contributed by atoms with Crippen LogP contribution in [0.1, 0.15) is 40.0 Å². The predicted molar refractivity (Wildman–Crippen MR) is 88.9 cm³/mol. The van der Waals surface area contributed by atoms with Crippen LogP contribution in [0.5, 0.6) is 0 Å². The number of nitrogens with one attached hydrogen (secondary N) is 2. The lowest BCUT2D eigenvalue weighted by Crippen LogP contribution is -2.54. The van der Waals surface area contributed by atoms with Crippen molar-refractivity contribution in [2.75, 3.05) is 29.9 Å². The molecule has 116 valence electrons. The van der Waals surface area contributed by atoms with E-state index in [1.54, 1.807) is 0 Å². The van der Waals surface area contributed by atoms with E-state index in [2.05, 4.69) is 41.5 Å². The molecule has 0 aromatic heterocycles. The number of rotatable bonds is 5. The summed E-state index contributed by atoms with van der Waals surface area (Å²) in [5.41, 5.74) is 1.63. The summed E-state index contributed by atoms with van der Waals surface area (Å²) in [5, 5.41) is 6.38. The van der Waals surface area contributed by atoms with Crippen LogP contribution >= 0.6 is 0 Å². The molecular formula is C17H27N3O. The van der Waals surface area contributed by atoms with Gasteiger partial charge in [0.1, 0.15) is 0 Å². The third-order valence-corrected chi connectivity index (χ3v) is 4.37. The van der Waals surface area contributed by atoms with Crippen molar-refractivity contribution in [2.24, 2.45) is 0 Å². The smallest absolute Gasteiger partial charge is 0.244 e. The molecule has 21 heavy (non-hydrogen) atoms. The average Bonchev–Trinajstić information content (AvgIpc) is 2.51. The second-order valence-corrected chi connectivity index (χ2v) is 5.89. The standard InChI is InChI=1S/C17H27N3O/c1-4-20(5-2)15-10-8-14(9-11-15)19-16(21)17(3)12-6-7-13-18-17/h8-11,18H,4-7,12-13H2,1-3H3,(H,19,21). The van der Waals surface area contributed by atoms with Crippen LogP contribution in [0.15, 0.2) is 24.3 Å². The average molecular weight is 289 g/mol. The molecule has 0 bridgehead atoms. The van der Waals surface area contributed by atoms with E-state index in [4.69, 9.17) is 0 Å². The number of carbonyl (C=O) groups is 1. The molecule has 1 saturated heterocycles. The van der Waals surface area contributed by atoms with Gasteiger partial charge in [0.15, 0.2) is 0 Å². The maximum atomic E-state index is 12.4. The van der Waals surface area contributed by atoms with Crippen LogP contribution in [-0.2, 0) is 4.79 Å². The van der Waals surface area contributed by atoms with E-state index in [0.29, 0.717) is 0 Å². The molecule has 4 nitrogen and oxygen atoms in total. The molecule has 1 aromatic rings. The second kappa shape index (κ2) is 6.94. The second-order valence-electron chi connectivity index (χ2n) is 5.89. The molecule has 0 spiro atoms. The molecule has 0 aliphatic carbocycles. The van der Waals surface area contributed by atoms with E-state index in [1.807, 2.05) is 19.1 Å². The quantitative estimate of drug-likeness (QED) is 0.876. The van der Waals surface area contributed by atoms with Crippen LogP contribution in [0.2, 0.25) is 0 Å². The Bertz CT molecular complexity index is 459. The first kappa shape index (κ1) is 15.8. The number of amides is 1. The number of piperidine rings is 1. The maximum Gasteiger partial charge on any atom is 0.244 e. The zero-order chi connectivity index (χ0) is 15.3. The fourth-order valence-corrected chi connectivity index (χ4v) is 2.86. The number of carbonyl (C=O) groups excluding carboxylic acids is 1. The van der Waals surface area contributed by atoms with E-state index in [-0.39, 0.29) is 5.91 Å². The Kier molecular flexibility index (Phi) is 5.23. The molecule has 2 N–H and O–H groups in total. The first-order valence-corrected chi connectivity index (χ1v) is 8.00. The summed E-state index contributed by atoms with van der Waals surface area (Å²) in [6.07, 6.45) is 3.16. The van der Waals surface area contributed by atoms with Gasteiger partial charge in [-0.05, 0) is 70.8 Å². The van der Waals surface area contributed by atoms with Gasteiger partial charge < -0.3 is 15.5 Å². The minimum atomic E-state index is -0.435. The molecule has 0 radical (unpaired) electrons. The van der Waals surface area contributed by atoms with Crippen molar-refractivity contribution in [3.8, 4) is 0 Å². The normalized spacial score (nSPS) is 21.9. The SMILES string of the molecule is CCN(CC)c1ccc(NC(=O)C2(C)CCCCN2)cc1. The van der Waals surface area contributed by atoms with Gasteiger partial charge in [0.05, 0.1) is 5.54 Å². The van der Waals surface area contributed by atoms with Gasteiger partial charge in [0, 0.05) is 24.5 Å². The summed E-state index contributed by atoms with van der Waals surface area (Å²) in [7, 11) is 0. The molecule has 1 heterocycles. The van der Waals surface area contributed by atoms with Crippen LogP contribution in [0.3, 0.4) is 0 Å². The van der Waals surface area contributed by atoms with Crippen LogP contribution in [0.25, 0.3) is 0 Å². The highest BCUT2D eigenvalue weighted by Gasteiger charge is 2.34. The molecule has 1 unspecified atom stereocenters. The largest absolute Gasteiger partial charge is 0.372 e. The van der Waals surface area contributed by atoms with Crippen molar-refractivity contribution in [3.63, 3.8) is 0 Å². The molecule has 1 aliphatic heterocycles. The lowest BCUT2D eigenvalue weighted by Gasteiger charge is -2.33. The lowest BCUT2D eigenvalue weighted by atomic mass is 9.90. The Morgan fingerprint density at radius 2 is 1.90 bits per heavy atom. The van der Waals surface area contributed by atoms with Gasteiger partial charge in [-0.15, -0.1) is 0 Å². The molecule has 4 heteroatoms. The Morgan fingerprint density at radius 1 is 1.24 bits per heavy atom. The Balaban J connectivity index is 2.01. The summed E-state index contributed by atoms with van der Waals surface area (Å²) in [6.45, 7) is 9.19. The summed E-state index contributed by atoms with van der Waals surface area (Å²) in [4.78, 5) is 14.7. The summed E-state index contributed by atoms with van der Waals surface area (Å²) >= 11 is 0. The van der Waals surface area contributed by atoms with E-state index < -0.39 is 5.54 Å². The highest BCUT2D eigenvalue weighted by atomic mass is 16.2. The van der Waals surface area contributed by atoms with Gasteiger partial charge in [0.2, 0.25) is 5.91 Å². The molecule has 1 fully saturated rings. The minimum Gasteiger partial charge on any atom is -0.372 e. The van der Waals surface area contributed by atoms with Gasteiger partial charge in [0.25, 0.3) is 0 Å². The lowest BCUT2D eigenvalue weighted by molar-refractivity contribution is -0.122. The van der Waals surface area contributed by atoms with Crippen molar-refractivity contribution in [1.82, 2.24) is 5.32 Å². The van der Waals surface area contributed by atoms with Crippen molar-refractivity contribution in [1.29, 1.82) is 0 Å². The topological polar surface area (TPSA) is 44.4 Å². The summed E-state index contributed by atoms with van der Waals surface area (Å²) in [5.74, 6) is 0.0674. The van der Waals surface area contributed by atoms with Crippen molar-refractivity contribution < 1.29 is 4.79 Å². The number of benzene rings is 1. The molecular weight excluding hydrogens is 262 g/mol. The maximum absolute atomic E-state index is 12.4. The van der Waals surface area contributed by atoms with Crippen LogP contribution in [-0.4, -0.2) is 31.1 Å². The fraction of sp³-hybridized carbons (Fsp3) is 0.588. The van der Waals surface area contributed by atoms with Gasteiger partial charge in [-0.1, -0.05) is 0 Å². The third-order valence-electron chi connectivity index (χ3n) is 4.37. The van der Waals surface area contributed by atoms with Gasteiger partial charge in [-0.2, -0.15) is 0 Å².